The fourth-order valence-corrected chi connectivity index (χ4v) is 1.56. The molecule has 0 saturated carbocycles. The molecule has 86 valence electrons. The molecule has 1 heterocycles. The van der Waals surface area contributed by atoms with Gasteiger partial charge in [-0.1, -0.05) is 11.6 Å². The molecule has 0 saturated heterocycles. The van der Waals surface area contributed by atoms with Crippen LogP contribution in [0.25, 0.3) is 0 Å². The van der Waals surface area contributed by atoms with Crippen LogP contribution in [0.5, 0.6) is 0 Å². The number of nitrogens with zero attached hydrogens (tertiary/aromatic N) is 1. The Morgan fingerprint density at radius 2 is 2.24 bits per heavy atom. The van der Waals surface area contributed by atoms with Gasteiger partial charge in [-0.2, -0.15) is 5.26 Å². The minimum atomic E-state index is -0.560. The first-order valence-corrected chi connectivity index (χ1v) is 5.22. The summed E-state index contributed by atoms with van der Waals surface area (Å²) in [7, 11) is 0. The lowest BCUT2D eigenvalue weighted by molar-refractivity contribution is 0.563. The Kier molecular flexibility index (Phi) is 3.31. The highest BCUT2D eigenvalue weighted by atomic mass is 35.5. The Morgan fingerprint density at radius 1 is 1.41 bits per heavy atom. The molecule has 1 atom stereocenters. The summed E-state index contributed by atoms with van der Waals surface area (Å²) < 4.78 is 17.9. The van der Waals surface area contributed by atoms with Crippen molar-refractivity contribution in [1.82, 2.24) is 0 Å². The molecule has 0 bridgehead atoms. The number of benzene rings is 1. The summed E-state index contributed by atoms with van der Waals surface area (Å²) >= 11 is 5.65. The van der Waals surface area contributed by atoms with Crippen molar-refractivity contribution in [2.45, 2.75) is 6.04 Å². The summed E-state index contributed by atoms with van der Waals surface area (Å²) in [6.07, 6.45) is 2.96. The van der Waals surface area contributed by atoms with E-state index in [0.29, 0.717) is 11.3 Å². The zero-order chi connectivity index (χ0) is 12.3. The predicted octanol–water partition coefficient (Wildman–Crippen LogP) is 3.75. The second-order valence-electron chi connectivity index (χ2n) is 3.39. The molecular weight excluding hydrogens is 243 g/mol. The maximum atomic E-state index is 13.0. The normalized spacial score (nSPS) is 11.8. The third-order valence-electron chi connectivity index (χ3n) is 2.24. The van der Waals surface area contributed by atoms with Gasteiger partial charge in [-0.15, -0.1) is 0 Å². The molecule has 1 unspecified atom stereocenters. The fourth-order valence-electron chi connectivity index (χ4n) is 1.38. The van der Waals surface area contributed by atoms with Gasteiger partial charge in [0.2, 0.25) is 0 Å². The molecule has 0 spiro atoms. The van der Waals surface area contributed by atoms with Gasteiger partial charge in [0.05, 0.1) is 23.6 Å². The van der Waals surface area contributed by atoms with Gasteiger partial charge in [0.1, 0.15) is 11.9 Å². The van der Waals surface area contributed by atoms with Crippen LogP contribution in [0.15, 0.2) is 41.2 Å². The molecule has 2 rings (SSSR count). The van der Waals surface area contributed by atoms with Gasteiger partial charge in [0, 0.05) is 11.3 Å². The molecular formula is C12H8ClFN2O. The molecule has 17 heavy (non-hydrogen) atoms. The van der Waals surface area contributed by atoms with Gasteiger partial charge in [-0.3, -0.25) is 0 Å². The fraction of sp³-hybridized carbons (Fsp3) is 0.0833. The van der Waals surface area contributed by atoms with Crippen LogP contribution in [0.3, 0.4) is 0 Å². The number of furan rings is 1. The van der Waals surface area contributed by atoms with Crippen LogP contribution in [-0.4, -0.2) is 0 Å². The van der Waals surface area contributed by atoms with Crippen LogP contribution in [-0.2, 0) is 0 Å². The van der Waals surface area contributed by atoms with Gasteiger partial charge in [0.25, 0.3) is 0 Å². The molecule has 1 aromatic carbocycles. The predicted molar refractivity (Wildman–Crippen MR) is 62.1 cm³/mol. The van der Waals surface area contributed by atoms with E-state index in [9.17, 15) is 4.39 Å². The number of rotatable bonds is 3. The van der Waals surface area contributed by atoms with Gasteiger partial charge in [0.15, 0.2) is 0 Å². The van der Waals surface area contributed by atoms with E-state index in [-0.39, 0.29) is 5.02 Å². The van der Waals surface area contributed by atoms with Crippen LogP contribution in [0, 0.1) is 17.1 Å². The second kappa shape index (κ2) is 4.89. The largest absolute Gasteiger partial charge is 0.472 e. The summed E-state index contributed by atoms with van der Waals surface area (Å²) in [4.78, 5) is 0. The van der Waals surface area contributed by atoms with Gasteiger partial charge >= 0.3 is 0 Å². The number of nitrogens with one attached hydrogen (secondary N) is 1. The zero-order valence-corrected chi connectivity index (χ0v) is 9.41. The maximum absolute atomic E-state index is 13.0. The number of nitriles is 1. The third kappa shape index (κ3) is 2.58. The van der Waals surface area contributed by atoms with Gasteiger partial charge in [-0.05, 0) is 24.3 Å². The topological polar surface area (TPSA) is 49.0 Å². The van der Waals surface area contributed by atoms with E-state index >= 15 is 0 Å². The van der Waals surface area contributed by atoms with Gasteiger partial charge < -0.3 is 9.73 Å². The zero-order valence-electron chi connectivity index (χ0n) is 8.65. The molecule has 0 amide bonds. The van der Waals surface area contributed by atoms with E-state index in [0.717, 1.165) is 0 Å². The molecule has 0 aliphatic carbocycles. The Hall–Kier alpha value is -1.99. The van der Waals surface area contributed by atoms with Crippen molar-refractivity contribution >= 4 is 17.3 Å². The lowest BCUT2D eigenvalue weighted by Crippen LogP contribution is -2.07. The summed E-state index contributed by atoms with van der Waals surface area (Å²) in [6.45, 7) is 0. The Balaban J connectivity index is 2.20. The van der Waals surface area contributed by atoms with E-state index in [2.05, 4.69) is 11.4 Å². The summed E-state index contributed by atoms with van der Waals surface area (Å²) in [5.74, 6) is -0.492. The highest BCUT2D eigenvalue weighted by Crippen LogP contribution is 2.23. The molecule has 5 heteroatoms. The molecule has 0 radical (unpaired) electrons. The molecule has 3 nitrogen and oxygen atoms in total. The molecule has 0 fully saturated rings. The Labute approximate surface area is 102 Å². The average molecular weight is 251 g/mol. The maximum Gasteiger partial charge on any atom is 0.143 e. The first kappa shape index (κ1) is 11.5. The Morgan fingerprint density at radius 3 is 2.82 bits per heavy atom. The third-order valence-corrected chi connectivity index (χ3v) is 2.53. The van der Waals surface area contributed by atoms with Gasteiger partial charge in [-0.25, -0.2) is 4.39 Å². The van der Waals surface area contributed by atoms with E-state index in [1.165, 1.54) is 30.7 Å². The van der Waals surface area contributed by atoms with Crippen molar-refractivity contribution < 1.29 is 8.81 Å². The smallest absolute Gasteiger partial charge is 0.143 e. The summed E-state index contributed by atoms with van der Waals surface area (Å²) in [5.41, 5.74) is 1.28. The summed E-state index contributed by atoms with van der Waals surface area (Å²) in [5, 5.41) is 12.0. The first-order valence-electron chi connectivity index (χ1n) is 4.84. The minimum Gasteiger partial charge on any atom is -0.472 e. The van der Waals surface area contributed by atoms with Crippen LogP contribution in [0.2, 0.25) is 5.02 Å². The number of hydrogen-bond acceptors (Lipinski definition) is 3. The molecule has 0 aliphatic heterocycles. The van der Waals surface area contributed by atoms with Crippen LogP contribution < -0.4 is 5.32 Å². The highest BCUT2D eigenvalue weighted by molar-refractivity contribution is 6.31. The minimum absolute atomic E-state index is 0.0129. The van der Waals surface area contributed by atoms with E-state index in [1.807, 2.05) is 0 Å². The highest BCUT2D eigenvalue weighted by Gasteiger charge is 2.12. The number of hydrogen-bond donors (Lipinski definition) is 1. The van der Waals surface area contributed by atoms with Crippen LogP contribution in [0.1, 0.15) is 11.6 Å². The molecule has 1 aromatic heterocycles. The summed E-state index contributed by atoms with van der Waals surface area (Å²) in [6, 6.07) is 7.40. The quantitative estimate of drug-likeness (QED) is 0.903. The van der Waals surface area contributed by atoms with Crippen molar-refractivity contribution in [3.05, 3.63) is 53.2 Å². The first-order chi connectivity index (χ1) is 8.20. The van der Waals surface area contributed by atoms with Crippen molar-refractivity contribution in [2.75, 3.05) is 5.32 Å². The van der Waals surface area contributed by atoms with Crippen molar-refractivity contribution in [2.24, 2.45) is 0 Å². The average Bonchev–Trinajstić information content (AvgIpc) is 2.84. The lowest BCUT2D eigenvalue weighted by Gasteiger charge is -2.11. The molecule has 2 aromatic rings. The monoisotopic (exact) mass is 250 g/mol. The van der Waals surface area contributed by atoms with Crippen molar-refractivity contribution in [3.63, 3.8) is 0 Å². The SMILES string of the molecule is N#CC(Nc1ccc(F)c(Cl)c1)c1ccoc1. The van der Waals surface area contributed by atoms with E-state index < -0.39 is 11.9 Å². The van der Waals surface area contributed by atoms with Crippen LogP contribution in [0.4, 0.5) is 10.1 Å². The second-order valence-corrected chi connectivity index (χ2v) is 3.80. The van der Waals surface area contributed by atoms with Crippen LogP contribution >= 0.6 is 11.6 Å². The number of halogens is 2. The van der Waals surface area contributed by atoms with Crippen molar-refractivity contribution in [1.29, 1.82) is 5.26 Å². The molecule has 1 N–H and O–H groups in total. The van der Waals surface area contributed by atoms with E-state index in [1.54, 1.807) is 6.07 Å². The standard InChI is InChI=1S/C12H8ClFN2O/c13-10-5-9(1-2-11(10)14)16-12(6-15)8-3-4-17-7-8/h1-5,7,12,16H. The molecule has 0 aliphatic rings. The Bertz CT molecular complexity index is 548. The lowest BCUT2D eigenvalue weighted by atomic mass is 10.1. The van der Waals surface area contributed by atoms with Crippen molar-refractivity contribution in [3.8, 4) is 6.07 Å². The van der Waals surface area contributed by atoms with E-state index in [4.69, 9.17) is 21.3 Å². The number of anilines is 1.